The van der Waals surface area contributed by atoms with Crippen LogP contribution in [0.15, 0.2) is 78.9 Å². The highest BCUT2D eigenvalue weighted by Crippen LogP contribution is 2.26. The van der Waals surface area contributed by atoms with Gasteiger partial charge in [-0.15, -0.1) is 0 Å². The fourth-order valence-corrected chi connectivity index (χ4v) is 4.28. The van der Waals surface area contributed by atoms with Gasteiger partial charge in [-0.3, -0.25) is 9.69 Å². The van der Waals surface area contributed by atoms with Crippen molar-refractivity contribution in [3.05, 3.63) is 95.8 Å². The number of rotatable bonds is 7. The fourth-order valence-electron chi connectivity index (χ4n) is 4.28. The van der Waals surface area contributed by atoms with Gasteiger partial charge in [-0.05, 0) is 54.1 Å². The van der Waals surface area contributed by atoms with Gasteiger partial charge in [-0.2, -0.15) is 0 Å². The molecule has 1 atom stereocenters. The van der Waals surface area contributed by atoms with Gasteiger partial charge in [-0.1, -0.05) is 30.3 Å². The highest BCUT2D eigenvalue weighted by atomic mass is 19.1. The predicted octanol–water partition coefficient (Wildman–Crippen LogP) is 4.19. The molecule has 1 N–H and O–H groups in total. The third kappa shape index (κ3) is 5.71. The van der Waals surface area contributed by atoms with Crippen LogP contribution in [0.5, 0.6) is 0 Å². The largest absolute Gasteiger partial charge is 0.378 e. The van der Waals surface area contributed by atoms with E-state index in [-0.39, 0.29) is 17.8 Å². The lowest BCUT2D eigenvalue weighted by Gasteiger charge is -2.40. The molecule has 0 aromatic heterocycles. The van der Waals surface area contributed by atoms with Crippen molar-refractivity contribution in [2.24, 2.45) is 0 Å². The van der Waals surface area contributed by atoms with Crippen LogP contribution >= 0.6 is 0 Å². The quantitative estimate of drug-likeness (QED) is 0.591. The van der Waals surface area contributed by atoms with E-state index >= 15 is 0 Å². The van der Waals surface area contributed by atoms with Crippen molar-refractivity contribution in [1.82, 2.24) is 10.2 Å². The summed E-state index contributed by atoms with van der Waals surface area (Å²) in [4.78, 5) is 19.6. The molecule has 33 heavy (non-hydrogen) atoms. The van der Waals surface area contributed by atoms with Gasteiger partial charge in [0.2, 0.25) is 0 Å². The maximum absolute atomic E-state index is 13.2. The minimum Gasteiger partial charge on any atom is -0.378 e. The molecule has 4 rings (SSSR count). The summed E-state index contributed by atoms with van der Waals surface area (Å²) in [5.74, 6) is -0.533. The molecule has 0 unspecified atom stereocenters. The number of anilines is 2. The molecule has 1 fully saturated rings. The molecule has 0 saturated carbocycles. The highest BCUT2D eigenvalue weighted by molar-refractivity contribution is 5.94. The number of carbonyl (C=O) groups excluding carboxylic acids is 1. The molecule has 1 saturated heterocycles. The first kappa shape index (κ1) is 22.8. The Hall–Kier alpha value is -3.38. The number of hydrogen-bond donors (Lipinski definition) is 1. The molecule has 172 valence electrons. The molecule has 5 nitrogen and oxygen atoms in total. The average molecular weight is 447 g/mol. The number of hydrogen-bond acceptors (Lipinski definition) is 4. The Morgan fingerprint density at radius 1 is 0.909 bits per heavy atom. The zero-order chi connectivity index (χ0) is 23.2. The number of benzene rings is 3. The lowest BCUT2D eigenvalue weighted by atomic mass is 10.0. The molecule has 3 aromatic carbocycles. The topological polar surface area (TPSA) is 38.8 Å². The van der Waals surface area contributed by atoms with Crippen LogP contribution in [0.1, 0.15) is 22.0 Å². The van der Waals surface area contributed by atoms with E-state index in [0.29, 0.717) is 12.1 Å². The van der Waals surface area contributed by atoms with Gasteiger partial charge < -0.3 is 15.1 Å². The zero-order valence-corrected chi connectivity index (χ0v) is 19.2. The van der Waals surface area contributed by atoms with E-state index in [1.807, 2.05) is 20.2 Å². The molecule has 1 aliphatic heterocycles. The summed E-state index contributed by atoms with van der Waals surface area (Å²) < 4.78 is 13.2. The molecular formula is C27H31FN4O. The predicted molar refractivity (Wildman–Crippen MR) is 132 cm³/mol. The van der Waals surface area contributed by atoms with E-state index in [2.05, 4.69) is 68.5 Å². The van der Waals surface area contributed by atoms with Crippen LogP contribution in [0, 0.1) is 5.82 Å². The Morgan fingerprint density at radius 3 is 2.15 bits per heavy atom. The standard InChI is InChI=1S/C27H31FN4O/c1-30(2)24-14-10-21(11-15-24)26(20-29-27(33)22-8-12-23(28)13-9-22)32-18-16-31(17-19-32)25-6-4-3-5-7-25/h3-15,26H,16-20H2,1-2H3,(H,29,33)/t26-/m1/s1. The first-order valence-corrected chi connectivity index (χ1v) is 11.4. The van der Waals surface area contributed by atoms with Crippen molar-refractivity contribution in [1.29, 1.82) is 0 Å². The normalized spacial score (nSPS) is 15.2. The Kier molecular flexibility index (Phi) is 7.25. The second kappa shape index (κ2) is 10.5. The number of carbonyl (C=O) groups is 1. The second-order valence-corrected chi connectivity index (χ2v) is 8.58. The number of halogens is 1. The van der Waals surface area contributed by atoms with Crippen LogP contribution in [0.25, 0.3) is 0 Å². The maximum Gasteiger partial charge on any atom is 0.251 e. The van der Waals surface area contributed by atoms with Crippen molar-refractivity contribution >= 4 is 17.3 Å². The summed E-state index contributed by atoms with van der Waals surface area (Å²) in [6.45, 7) is 4.16. The molecule has 6 heteroatoms. The van der Waals surface area contributed by atoms with E-state index in [4.69, 9.17) is 0 Å². The third-order valence-corrected chi connectivity index (χ3v) is 6.23. The molecule has 1 aliphatic rings. The van der Waals surface area contributed by atoms with Gasteiger partial charge in [0.1, 0.15) is 5.82 Å². The first-order valence-electron chi connectivity index (χ1n) is 11.4. The van der Waals surface area contributed by atoms with Crippen LogP contribution < -0.4 is 15.1 Å². The number of nitrogens with zero attached hydrogens (tertiary/aromatic N) is 3. The van der Waals surface area contributed by atoms with Gasteiger partial charge in [0.25, 0.3) is 5.91 Å². The average Bonchev–Trinajstić information content (AvgIpc) is 2.85. The van der Waals surface area contributed by atoms with Gasteiger partial charge >= 0.3 is 0 Å². The molecule has 3 aromatic rings. The molecule has 0 bridgehead atoms. The van der Waals surface area contributed by atoms with Crippen LogP contribution in [0.4, 0.5) is 15.8 Å². The highest BCUT2D eigenvalue weighted by Gasteiger charge is 2.26. The number of piperazine rings is 1. The Morgan fingerprint density at radius 2 is 1.55 bits per heavy atom. The van der Waals surface area contributed by atoms with Gasteiger partial charge in [0.15, 0.2) is 0 Å². The van der Waals surface area contributed by atoms with E-state index < -0.39 is 0 Å². The van der Waals surface area contributed by atoms with Crippen molar-refractivity contribution in [3.63, 3.8) is 0 Å². The van der Waals surface area contributed by atoms with E-state index in [1.54, 1.807) is 0 Å². The smallest absolute Gasteiger partial charge is 0.251 e. The van der Waals surface area contributed by atoms with Crippen molar-refractivity contribution < 1.29 is 9.18 Å². The van der Waals surface area contributed by atoms with Gasteiger partial charge in [0, 0.05) is 63.8 Å². The Bertz CT molecular complexity index is 1030. The SMILES string of the molecule is CN(C)c1ccc([C@@H](CNC(=O)c2ccc(F)cc2)N2CCN(c3ccccc3)CC2)cc1. The molecule has 0 spiro atoms. The molecule has 0 aliphatic carbocycles. The fraction of sp³-hybridized carbons (Fsp3) is 0.296. The van der Waals surface area contributed by atoms with Gasteiger partial charge in [-0.25, -0.2) is 4.39 Å². The summed E-state index contributed by atoms with van der Waals surface area (Å²) in [5, 5.41) is 3.07. The summed E-state index contributed by atoms with van der Waals surface area (Å²) in [6.07, 6.45) is 0. The van der Waals surface area contributed by atoms with E-state index in [9.17, 15) is 9.18 Å². The van der Waals surface area contributed by atoms with Crippen molar-refractivity contribution in [2.45, 2.75) is 6.04 Å². The first-order chi connectivity index (χ1) is 16.0. The van der Waals surface area contributed by atoms with Crippen LogP contribution in [-0.4, -0.2) is 57.6 Å². The minimum absolute atomic E-state index is 0.0588. The summed E-state index contributed by atoms with van der Waals surface area (Å²) in [6, 6.07) is 24.7. The van der Waals surface area contributed by atoms with Crippen LogP contribution in [0.3, 0.4) is 0 Å². The summed E-state index contributed by atoms with van der Waals surface area (Å²) in [5.41, 5.74) is 4.02. The van der Waals surface area contributed by atoms with Gasteiger partial charge in [0.05, 0.1) is 6.04 Å². The van der Waals surface area contributed by atoms with E-state index in [1.165, 1.54) is 35.5 Å². The molecule has 1 heterocycles. The summed E-state index contributed by atoms with van der Waals surface area (Å²) >= 11 is 0. The lowest BCUT2D eigenvalue weighted by Crippen LogP contribution is -2.50. The minimum atomic E-state index is -0.346. The Labute approximate surface area is 195 Å². The third-order valence-electron chi connectivity index (χ3n) is 6.23. The van der Waals surface area contributed by atoms with Crippen molar-refractivity contribution in [2.75, 3.05) is 56.6 Å². The number of para-hydroxylation sites is 1. The Balaban J connectivity index is 1.47. The summed E-state index contributed by atoms with van der Waals surface area (Å²) in [7, 11) is 4.05. The second-order valence-electron chi connectivity index (χ2n) is 8.58. The van der Waals surface area contributed by atoms with Crippen LogP contribution in [-0.2, 0) is 0 Å². The lowest BCUT2D eigenvalue weighted by molar-refractivity contribution is 0.0930. The maximum atomic E-state index is 13.2. The monoisotopic (exact) mass is 446 g/mol. The van der Waals surface area contributed by atoms with Crippen molar-refractivity contribution in [3.8, 4) is 0 Å². The van der Waals surface area contributed by atoms with E-state index in [0.717, 1.165) is 31.9 Å². The zero-order valence-electron chi connectivity index (χ0n) is 19.2. The number of amides is 1. The molecule has 1 amide bonds. The molecule has 0 radical (unpaired) electrons. The molecular weight excluding hydrogens is 415 g/mol. The van der Waals surface area contributed by atoms with Crippen LogP contribution in [0.2, 0.25) is 0 Å². The number of nitrogens with one attached hydrogen (secondary N) is 1.